The first-order chi connectivity index (χ1) is 32.9. The molecule has 2 N–H and O–H groups in total. The highest BCUT2D eigenvalue weighted by atomic mass is 16.7. The van der Waals surface area contributed by atoms with Gasteiger partial charge >= 0.3 is 6.09 Å². The monoisotopic (exact) mass is 912 g/mol. The normalized spacial score (nSPS) is 22.6. The quantitative estimate of drug-likeness (QED) is 0.0316. The van der Waals surface area contributed by atoms with E-state index in [4.69, 9.17) is 38.4 Å². The average molecular weight is 913 g/mol. The summed E-state index contributed by atoms with van der Waals surface area (Å²) in [5.74, 6) is 0.405. The lowest BCUT2D eigenvalue weighted by Crippen LogP contribution is -2.70. The van der Waals surface area contributed by atoms with Crippen molar-refractivity contribution in [3.8, 4) is 28.7 Å². The van der Waals surface area contributed by atoms with Gasteiger partial charge in [-0.15, -0.1) is 13.2 Å². The van der Waals surface area contributed by atoms with Gasteiger partial charge in [-0.05, 0) is 103 Å². The van der Waals surface area contributed by atoms with E-state index in [1.807, 2.05) is 66.7 Å². The molecule has 8 rings (SSSR count). The lowest BCUT2D eigenvalue weighted by molar-refractivity contribution is -0.256. The molecule has 13 heteroatoms. The molecule has 352 valence electrons. The zero-order valence-electron chi connectivity index (χ0n) is 37.8. The zero-order chi connectivity index (χ0) is 46.6. The second-order valence-electron chi connectivity index (χ2n) is 17.3. The lowest BCUT2D eigenvalue weighted by Gasteiger charge is -2.59. The predicted octanol–water partition coefficient (Wildman–Crippen LogP) is 10.1. The summed E-state index contributed by atoms with van der Waals surface area (Å²) in [6.07, 6.45) is 10.9. The molecule has 13 nitrogen and oxygen atoms in total. The Morgan fingerprint density at radius 2 is 1.64 bits per heavy atom. The third-order valence-corrected chi connectivity index (χ3v) is 13.1. The van der Waals surface area contributed by atoms with Crippen LogP contribution in [0.3, 0.4) is 0 Å². The third-order valence-electron chi connectivity index (χ3n) is 13.1. The Bertz CT molecular complexity index is 2420. The number of rotatable bonds is 23. The molecule has 4 aromatic carbocycles. The Labute approximate surface area is 392 Å². The molecule has 1 fully saturated rings. The lowest BCUT2D eigenvalue weighted by atomic mass is 9.55. The Hall–Kier alpha value is -6.41. The number of carbonyl (C=O) groups is 2. The molecule has 0 aromatic heterocycles. The number of oxime groups is 1. The van der Waals surface area contributed by atoms with Gasteiger partial charge in [-0.1, -0.05) is 84.8 Å². The van der Waals surface area contributed by atoms with Crippen LogP contribution in [0.2, 0.25) is 0 Å². The first-order valence-electron chi connectivity index (χ1n) is 23.3. The number of aliphatic hydroxyl groups is 2. The molecule has 1 amide bonds. The number of benzene rings is 4. The van der Waals surface area contributed by atoms with Gasteiger partial charge in [0.1, 0.15) is 36.2 Å². The van der Waals surface area contributed by atoms with Crippen molar-refractivity contribution in [3.05, 3.63) is 150 Å². The van der Waals surface area contributed by atoms with E-state index >= 15 is 0 Å². The summed E-state index contributed by atoms with van der Waals surface area (Å²) >= 11 is 0. The van der Waals surface area contributed by atoms with Crippen molar-refractivity contribution in [1.82, 2.24) is 4.90 Å². The van der Waals surface area contributed by atoms with E-state index in [0.717, 1.165) is 54.2 Å². The molecule has 0 spiro atoms. The summed E-state index contributed by atoms with van der Waals surface area (Å²) in [4.78, 5) is 34.5. The van der Waals surface area contributed by atoms with Crippen LogP contribution in [0.5, 0.6) is 28.7 Å². The van der Waals surface area contributed by atoms with Gasteiger partial charge in [-0.3, -0.25) is 9.69 Å². The minimum Gasteiger partial charge on any atom is -0.459 e. The number of aliphatic hydroxyl groups excluding tert-OH is 2. The van der Waals surface area contributed by atoms with Gasteiger partial charge in [0.2, 0.25) is 12.6 Å². The molecule has 2 heterocycles. The summed E-state index contributed by atoms with van der Waals surface area (Å²) in [6, 6.07) is 27.3. The number of nitrogens with zero attached hydrogens (tertiary/aromatic N) is 2. The largest absolute Gasteiger partial charge is 0.459 e. The number of fused-ring (bicyclic) bond motifs is 3. The molecule has 0 unspecified atom stereocenters. The topological polar surface area (TPSA) is 155 Å². The molecule has 4 aliphatic rings. The standard InChI is InChI=1S/C54H60N2O11/c1-3-5-27-61-53(60)56(33-38-20-22-48-49(29-38)63-36-62-48)50-32-46(55-65-35-37-14-7-6-8-15-37)44-30-40(17-9-11-24-57)43(19-10-12-25-58)51-45-31-42(66-41-18-13-16-39(28-41)34-59)21-23-47(45)67-54(50,52(44)51)64-26-4-2/h3-4,6-8,13-16,18,20-23,28-31,34,40,43,50-52,57-58H,1-2,5,9-12,17,19,24-27,32-33,35-36H2/t40-,43+,50-,51+,52+,54+/m0/s1. The van der Waals surface area contributed by atoms with Crippen molar-refractivity contribution < 1.29 is 53.1 Å². The van der Waals surface area contributed by atoms with Crippen LogP contribution in [0.1, 0.15) is 84.3 Å². The maximum absolute atomic E-state index is 14.9. The number of hydrogen-bond donors (Lipinski definition) is 2. The van der Waals surface area contributed by atoms with Gasteiger partial charge in [-0.2, -0.15) is 0 Å². The second-order valence-corrected chi connectivity index (χ2v) is 17.3. The highest BCUT2D eigenvalue weighted by Gasteiger charge is 2.65. The first-order valence-corrected chi connectivity index (χ1v) is 23.3. The van der Waals surface area contributed by atoms with E-state index in [2.05, 4.69) is 19.2 Å². The highest BCUT2D eigenvalue weighted by Crippen LogP contribution is 2.62. The van der Waals surface area contributed by atoms with Gasteiger partial charge in [0.25, 0.3) is 0 Å². The fourth-order valence-electron chi connectivity index (χ4n) is 10.1. The Balaban J connectivity index is 1.33. The molecule has 0 bridgehead atoms. The van der Waals surface area contributed by atoms with Crippen LogP contribution in [0, 0.1) is 17.8 Å². The average Bonchev–Trinajstić information content (AvgIpc) is 3.83. The van der Waals surface area contributed by atoms with Crippen LogP contribution >= 0.6 is 0 Å². The molecule has 4 aromatic rings. The molecule has 2 aliphatic heterocycles. The first kappa shape index (κ1) is 47.1. The summed E-state index contributed by atoms with van der Waals surface area (Å²) in [6.45, 7) is 8.64. The summed E-state index contributed by atoms with van der Waals surface area (Å²) in [5.41, 5.74) is 4.63. The number of amides is 1. The fraction of sp³-hybridized carbons (Fsp3) is 0.389. The third kappa shape index (κ3) is 10.6. The van der Waals surface area contributed by atoms with Crippen molar-refractivity contribution in [2.75, 3.05) is 33.2 Å². The van der Waals surface area contributed by atoms with Crippen LogP contribution in [0.15, 0.2) is 133 Å². The molecule has 1 saturated carbocycles. The Kier molecular flexibility index (Phi) is 15.7. The molecule has 67 heavy (non-hydrogen) atoms. The minimum atomic E-state index is -1.53. The van der Waals surface area contributed by atoms with Crippen LogP contribution < -0.4 is 18.9 Å². The minimum absolute atomic E-state index is 0.0165. The van der Waals surface area contributed by atoms with Gasteiger partial charge in [-0.25, -0.2) is 4.79 Å². The van der Waals surface area contributed by atoms with Crippen molar-refractivity contribution >= 4 is 18.1 Å². The van der Waals surface area contributed by atoms with Gasteiger partial charge in [0, 0.05) is 43.2 Å². The van der Waals surface area contributed by atoms with Gasteiger partial charge in [0.15, 0.2) is 11.5 Å². The smallest absolute Gasteiger partial charge is 0.410 e. The maximum atomic E-state index is 14.9. The van der Waals surface area contributed by atoms with E-state index in [1.165, 1.54) is 0 Å². The Morgan fingerprint density at radius 3 is 2.43 bits per heavy atom. The molecular formula is C54H60N2O11. The van der Waals surface area contributed by atoms with E-state index in [1.54, 1.807) is 41.3 Å². The van der Waals surface area contributed by atoms with Crippen molar-refractivity contribution in [2.45, 2.75) is 82.3 Å². The Morgan fingerprint density at radius 1 is 0.851 bits per heavy atom. The number of hydrogen-bond acceptors (Lipinski definition) is 12. The highest BCUT2D eigenvalue weighted by molar-refractivity contribution is 6.03. The predicted molar refractivity (Wildman–Crippen MR) is 252 cm³/mol. The van der Waals surface area contributed by atoms with Crippen LogP contribution in [-0.4, -0.2) is 78.3 Å². The fourth-order valence-corrected chi connectivity index (χ4v) is 10.1. The second kappa shape index (κ2) is 22.4. The van der Waals surface area contributed by atoms with Crippen LogP contribution in [0.25, 0.3) is 0 Å². The molecular weight excluding hydrogens is 853 g/mol. The molecule has 6 atom stereocenters. The van der Waals surface area contributed by atoms with E-state index < -0.39 is 23.8 Å². The van der Waals surface area contributed by atoms with E-state index in [-0.39, 0.29) is 70.5 Å². The van der Waals surface area contributed by atoms with Crippen molar-refractivity contribution in [3.63, 3.8) is 0 Å². The van der Waals surface area contributed by atoms with Crippen LogP contribution in [0.4, 0.5) is 4.79 Å². The van der Waals surface area contributed by atoms with E-state index in [0.29, 0.717) is 59.3 Å². The molecule has 2 aliphatic carbocycles. The summed E-state index contributed by atoms with van der Waals surface area (Å²) in [7, 11) is 0. The number of carbonyl (C=O) groups excluding carboxylic acids is 2. The zero-order valence-corrected chi connectivity index (χ0v) is 37.8. The number of unbranched alkanes of at least 4 members (excludes halogenated alkanes) is 2. The molecule has 0 radical (unpaired) electrons. The number of aldehydes is 1. The number of ether oxygens (including phenoxy) is 6. The van der Waals surface area contributed by atoms with Gasteiger partial charge < -0.3 is 43.5 Å². The van der Waals surface area contributed by atoms with Crippen molar-refractivity contribution in [1.29, 1.82) is 0 Å². The molecule has 0 saturated heterocycles. The number of allylic oxidation sites excluding steroid dienone is 1. The van der Waals surface area contributed by atoms with Crippen molar-refractivity contribution in [2.24, 2.45) is 22.9 Å². The van der Waals surface area contributed by atoms with Crippen LogP contribution in [-0.2, 0) is 27.5 Å². The maximum Gasteiger partial charge on any atom is 0.410 e. The summed E-state index contributed by atoms with van der Waals surface area (Å²) in [5, 5.41) is 25.0. The summed E-state index contributed by atoms with van der Waals surface area (Å²) < 4.78 is 38.5. The van der Waals surface area contributed by atoms with E-state index in [9.17, 15) is 19.8 Å². The SMILES string of the molecule is C=CCCOC(=O)N(Cc1ccc2c(c1)OCO2)[C@H]1CC(=NOCc2ccccc2)C2=C[C@H](CCCCO)[C@@H](CCCCO)[C@@H]3c4cc(Oc5cccc(C=O)c5)ccc4O[C@@]1(OCC=C)[C@H]23. The van der Waals surface area contributed by atoms with Gasteiger partial charge in [0.05, 0.1) is 24.8 Å².